The molecule has 1 unspecified atom stereocenters. The molecule has 3 amide bonds. The van der Waals surface area contributed by atoms with E-state index in [1.165, 1.54) is 11.8 Å². The smallest absolute Gasteiger partial charge is 0.272 e. The van der Waals surface area contributed by atoms with Gasteiger partial charge >= 0.3 is 0 Å². The molecule has 5 aromatic rings. The second-order valence-electron chi connectivity index (χ2n) is 10.6. The molecule has 1 atom stereocenters. The fraction of sp³-hybridized carbons (Fsp3) is 0.0789. The number of thioether (sulfide) groups is 1. The first-order chi connectivity index (χ1) is 22.9. The van der Waals surface area contributed by atoms with Crippen LogP contribution in [0.5, 0.6) is 0 Å². The van der Waals surface area contributed by atoms with E-state index >= 15 is 0 Å². The van der Waals surface area contributed by atoms with Crippen LogP contribution in [0.1, 0.15) is 29.3 Å². The van der Waals surface area contributed by atoms with E-state index in [-0.39, 0.29) is 16.9 Å². The molecule has 5 aromatic carbocycles. The predicted octanol–water partition coefficient (Wildman–Crippen LogP) is 9.45. The van der Waals surface area contributed by atoms with Gasteiger partial charge in [0.05, 0.1) is 16.6 Å². The zero-order valence-corrected chi connectivity index (χ0v) is 27.7. The summed E-state index contributed by atoms with van der Waals surface area (Å²) < 4.78 is 0. The van der Waals surface area contributed by atoms with Gasteiger partial charge in [-0.2, -0.15) is 0 Å². The molecule has 0 fully saturated rings. The van der Waals surface area contributed by atoms with E-state index in [1.54, 1.807) is 78.5 Å². The molecule has 0 spiro atoms. The van der Waals surface area contributed by atoms with Crippen molar-refractivity contribution in [1.29, 1.82) is 0 Å². The highest BCUT2D eigenvalue weighted by Crippen LogP contribution is 2.48. The summed E-state index contributed by atoms with van der Waals surface area (Å²) in [6, 6.07) is 39.0. The number of hydrogen-bond donors (Lipinski definition) is 2. The van der Waals surface area contributed by atoms with Crippen molar-refractivity contribution in [3.8, 4) is 0 Å². The van der Waals surface area contributed by atoms with Crippen LogP contribution in [0.2, 0.25) is 5.02 Å². The summed E-state index contributed by atoms with van der Waals surface area (Å²) in [5, 5.41) is 5.73. The molecule has 6 nitrogen and oxygen atoms in total. The average molecular weight is 676 g/mol. The quantitative estimate of drug-likeness (QED) is 0.120. The lowest BCUT2D eigenvalue weighted by molar-refractivity contribution is -0.117. The Morgan fingerprint density at radius 2 is 1.38 bits per heavy atom. The van der Waals surface area contributed by atoms with Gasteiger partial charge in [-0.1, -0.05) is 91.0 Å². The Morgan fingerprint density at radius 3 is 2.02 bits per heavy atom. The minimum Gasteiger partial charge on any atom is -0.321 e. The van der Waals surface area contributed by atoms with E-state index in [4.69, 9.17) is 11.6 Å². The molecule has 6 rings (SSSR count). The number of halogens is 1. The summed E-state index contributed by atoms with van der Waals surface area (Å²) in [5.41, 5.74) is 3.36. The van der Waals surface area contributed by atoms with E-state index in [1.807, 2.05) is 78.6 Å². The number of nitrogens with one attached hydrogen (secondary N) is 2. The van der Waals surface area contributed by atoms with E-state index in [0.29, 0.717) is 28.3 Å². The fourth-order valence-electron chi connectivity index (χ4n) is 5.06. The normalized spacial score (nSPS) is 12.8. The van der Waals surface area contributed by atoms with Crippen LogP contribution in [0.3, 0.4) is 0 Å². The van der Waals surface area contributed by atoms with Gasteiger partial charge in [-0.05, 0) is 84.8 Å². The molecule has 1 aliphatic heterocycles. The van der Waals surface area contributed by atoms with E-state index in [2.05, 4.69) is 10.6 Å². The number of fused-ring (bicyclic) bond motifs is 2. The summed E-state index contributed by atoms with van der Waals surface area (Å²) >= 11 is 9.52. The van der Waals surface area contributed by atoms with Gasteiger partial charge in [-0.15, -0.1) is 11.8 Å². The standard InChI is InChI=1S/C38H30ClN3O3S2/c1-2-33(38(45)42-31-16-8-10-18-34(31)47-35-19-11-9-17-32(35)42)46-28-22-20-27(21-23-28)40-37(44)30(24-26-14-6-7-15-29(26)39)41-36(43)25-12-4-3-5-13-25/h3-24,33H,2H2,1H3,(H,40,44)(H,41,43)/b30-24-. The summed E-state index contributed by atoms with van der Waals surface area (Å²) in [7, 11) is 0. The maximum absolute atomic E-state index is 14.1. The Bertz CT molecular complexity index is 1920. The molecule has 0 bridgehead atoms. The average Bonchev–Trinajstić information content (AvgIpc) is 3.10. The second kappa shape index (κ2) is 14.8. The maximum atomic E-state index is 14.1. The molecule has 0 saturated carbocycles. The number of carbonyl (C=O) groups excluding carboxylic acids is 3. The fourth-order valence-corrected chi connectivity index (χ4v) is 7.31. The molecule has 0 aromatic heterocycles. The highest BCUT2D eigenvalue weighted by Gasteiger charge is 2.32. The second-order valence-corrected chi connectivity index (χ2v) is 13.4. The van der Waals surface area contributed by atoms with Crippen molar-refractivity contribution >= 4 is 76.0 Å². The third kappa shape index (κ3) is 7.46. The van der Waals surface area contributed by atoms with Crippen LogP contribution in [0.15, 0.2) is 148 Å². The highest BCUT2D eigenvalue weighted by atomic mass is 35.5. The number of anilines is 3. The Labute approximate surface area is 287 Å². The third-order valence-electron chi connectivity index (χ3n) is 7.42. The number of nitrogens with zero attached hydrogens (tertiary/aromatic N) is 1. The molecule has 234 valence electrons. The zero-order valence-electron chi connectivity index (χ0n) is 25.4. The molecule has 0 saturated heterocycles. The van der Waals surface area contributed by atoms with Crippen LogP contribution in [-0.2, 0) is 9.59 Å². The van der Waals surface area contributed by atoms with Crippen molar-refractivity contribution < 1.29 is 14.4 Å². The Kier molecular flexibility index (Phi) is 10.1. The molecule has 9 heteroatoms. The number of amides is 3. The molecule has 1 heterocycles. The van der Waals surface area contributed by atoms with Crippen molar-refractivity contribution in [3.05, 3.63) is 149 Å². The Morgan fingerprint density at radius 1 is 0.787 bits per heavy atom. The number of rotatable bonds is 9. The van der Waals surface area contributed by atoms with Gasteiger partial charge < -0.3 is 10.6 Å². The van der Waals surface area contributed by atoms with Crippen molar-refractivity contribution in [3.63, 3.8) is 0 Å². The lowest BCUT2D eigenvalue weighted by Crippen LogP contribution is -2.35. The molecule has 0 radical (unpaired) electrons. The monoisotopic (exact) mass is 675 g/mol. The van der Waals surface area contributed by atoms with Crippen molar-refractivity contribution in [2.45, 2.75) is 33.3 Å². The lowest BCUT2D eigenvalue weighted by atomic mass is 10.1. The first kappa shape index (κ1) is 32.2. The zero-order chi connectivity index (χ0) is 32.8. The first-order valence-corrected chi connectivity index (χ1v) is 17.1. The van der Waals surface area contributed by atoms with Gasteiger partial charge in [-0.25, -0.2) is 0 Å². The maximum Gasteiger partial charge on any atom is 0.272 e. The largest absolute Gasteiger partial charge is 0.321 e. The van der Waals surface area contributed by atoms with Gasteiger partial charge in [0.1, 0.15) is 5.70 Å². The minimum atomic E-state index is -0.503. The van der Waals surface area contributed by atoms with Gasteiger partial charge in [-0.3, -0.25) is 19.3 Å². The van der Waals surface area contributed by atoms with E-state index in [0.717, 1.165) is 26.1 Å². The van der Waals surface area contributed by atoms with Gasteiger partial charge in [0, 0.05) is 31.0 Å². The lowest BCUT2D eigenvalue weighted by Gasteiger charge is -2.33. The molecule has 0 aliphatic carbocycles. The van der Waals surface area contributed by atoms with E-state index in [9.17, 15) is 14.4 Å². The van der Waals surface area contributed by atoms with Crippen LogP contribution < -0.4 is 15.5 Å². The number of carbonyl (C=O) groups is 3. The van der Waals surface area contributed by atoms with Gasteiger partial charge in [0.25, 0.3) is 11.8 Å². The number of para-hydroxylation sites is 2. The predicted molar refractivity (Wildman–Crippen MR) is 192 cm³/mol. The molecular weight excluding hydrogens is 646 g/mol. The third-order valence-corrected chi connectivity index (χ3v) is 10.3. The molecule has 2 N–H and O–H groups in total. The summed E-state index contributed by atoms with van der Waals surface area (Å²) in [6.07, 6.45) is 2.18. The summed E-state index contributed by atoms with van der Waals surface area (Å²) in [4.78, 5) is 45.4. The summed E-state index contributed by atoms with van der Waals surface area (Å²) in [6.45, 7) is 2.01. The number of benzene rings is 5. The Hall–Kier alpha value is -4.76. The van der Waals surface area contributed by atoms with Gasteiger partial charge in [0.2, 0.25) is 5.91 Å². The highest BCUT2D eigenvalue weighted by molar-refractivity contribution is 8.00. The van der Waals surface area contributed by atoms with Crippen molar-refractivity contribution in [2.24, 2.45) is 0 Å². The molecular formula is C38H30ClN3O3S2. The molecule has 47 heavy (non-hydrogen) atoms. The Balaban J connectivity index is 1.19. The van der Waals surface area contributed by atoms with Crippen LogP contribution >= 0.6 is 35.1 Å². The van der Waals surface area contributed by atoms with Crippen LogP contribution in [0.4, 0.5) is 17.1 Å². The van der Waals surface area contributed by atoms with Crippen LogP contribution in [0.25, 0.3) is 6.08 Å². The van der Waals surface area contributed by atoms with Gasteiger partial charge in [0.15, 0.2) is 0 Å². The molecule has 1 aliphatic rings. The topological polar surface area (TPSA) is 78.5 Å². The summed E-state index contributed by atoms with van der Waals surface area (Å²) in [5.74, 6) is -0.909. The van der Waals surface area contributed by atoms with Crippen LogP contribution in [-0.4, -0.2) is 23.0 Å². The van der Waals surface area contributed by atoms with Crippen LogP contribution in [0, 0.1) is 0 Å². The van der Waals surface area contributed by atoms with Crippen molar-refractivity contribution in [1.82, 2.24) is 5.32 Å². The minimum absolute atomic E-state index is 0.0126. The van der Waals surface area contributed by atoms with Crippen molar-refractivity contribution in [2.75, 3.05) is 10.2 Å². The number of hydrogen-bond acceptors (Lipinski definition) is 5. The first-order valence-electron chi connectivity index (χ1n) is 15.0. The SMILES string of the molecule is CCC(Sc1ccc(NC(=O)/C(=C/c2ccccc2Cl)NC(=O)c2ccccc2)cc1)C(=O)N1c2ccccc2Sc2ccccc21. The van der Waals surface area contributed by atoms with E-state index < -0.39 is 11.8 Å².